The van der Waals surface area contributed by atoms with Gasteiger partial charge < -0.3 is 4.98 Å². The molecule has 0 bridgehead atoms. The van der Waals surface area contributed by atoms with E-state index in [0.717, 1.165) is 0 Å². The number of carbonyl (C=O) groups excluding carboxylic acids is 1. The molecule has 0 atom stereocenters. The molecule has 5 heteroatoms. The first-order valence-electron chi connectivity index (χ1n) is 2.52. The molecule has 4 nitrogen and oxygen atoms in total. The molecule has 54 valence electrons. The maximum atomic E-state index is 10.6. The van der Waals surface area contributed by atoms with Crippen LogP contribution < -0.4 is 5.48 Å². The Hall–Kier alpha value is -1.00. The summed E-state index contributed by atoms with van der Waals surface area (Å²) < 4.78 is 0. The molecule has 10 heavy (non-hydrogen) atoms. The molecule has 0 fully saturated rings. The summed E-state index contributed by atoms with van der Waals surface area (Å²) in [6, 6.07) is 1.41. The molecule has 0 saturated carbocycles. The minimum absolute atomic E-state index is 0.229. The number of hydrogen-bond donors (Lipinski definition) is 3. The lowest BCUT2D eigenvalue weighted by atomic mass is 10.4. The van der Waals surface area contributed by atoms with Gasteiger partial charge in [0, 0.05) is 6.20 Å². The van der Waals surface area contributed by atoms with Gasteiger partial charge in [0.2, 0.25) is 0 Å². The lowest BCUT2D eigenvalue weighted by Gasteiger charge is -1.90. The Labute approximate surface area is 61.8 Å². The van der Waals surface area contributed by atoms with Crippen molar-refractivity contribution in [2.75, 3.05) is 0 Å². The van der Waals surface area contributed by atoms with Gasteiger partial charge in [-0.05, 0) is 6.07 Å². The molecule has 0 radical (unpaired) electrons. The second kappa shape index (κ2) is 2.72. The number of hydroxylamine groups is 1. The van der Waals surface area contributed by atoms with Crippen molar-refractivity contribution in [3.8, 4) is 0 Å². The van der Waals surface area contributed by atoms with Crippen molar-refractivity contribution >= 4 is 17.5 Å². The summed E-state index contributed by atoms with van der Waals surface area (Å²) in [5.74, 6) is -0.605. The predicted molar refractivity (Wildman–Crippen MR) is 35.1 cm³/mol. The van der Waals surface area contributed by atoms with Crippen molar-refractivity contribution in [1.29, 1.82) is 0 Å². The molecular formula is C5H5ClN2O2. The molecular weight excluding hydrogens is 156 g/mol. The van der Waals surface area contributed by atoms with E-state index in [1.807, 2.05) is 0 Å². The molecule has 1 rings (SSSR count). The lowest BCUT2D eigenvalue weighted by Crippen LogP contribution is -2.18. The van der Waals surface area contributed by atoms with E-state index in [0.29, 0.717) is 5.02 Å². The van der Waals surface area contributed by atoms with Gasteiger partial charge in [-0.15, -0.1) is 0 Å². The number of halogens is 1. The summed E-state index contributed by atoms with van der Waals surface area (Å²) in [7, 11) is 0. The van der Waals surface area contributed by atoms with E-state index in [4.69, 9.17) is 16.8 Å². The van der Waals surface area contributed by atoms with Gasteiger partial charge in [-0.2, -0.15) is 0 Å². The van der Waals surface area contributed by atoms with Crippen molar-refractivity contribution in [2.45, 2.75) is 0 Å². The van der Waals surface area contributed by atoms with E-state index in [-0.39, 0.29) is 5.69 Å². The van der Waals surface area contributed by atoms with Crippen LogP contribution in [0.2, 0.25) is 5.02 Å². The smallest absolute Gasteiger partial charge is 0.291 e. The second-order valence-electron chi connectivity index (χ2n) is 1.67. The van der Waals surface area contributed by atoms with Gasteiger partial charge >= 0.3 is 0 Å². The summed E-state index contributed by atoms with van der Waals surface area (Å²) >= 11 is 5.47. The van der Waals surface area contributed by atoms with Crippen molar-refractivity contribution < 1.29 is 10.0 Å². The number of rotatable bonds is 1. The quantitative estimate of drug-likeness (QED) is 0.420. The Morgan fingerprint density at radius 3 is 2.90 bits per heavy atom. The maximum Gasteiger partial charge on any atom is 0.291 e. The molecule has 0 aliphatic carbocycles. The molecule has 0 saturated heterocycles. The highest BCUT2D eigenvalue weighted by atomic mass is 35.5. The first-order chi connectivity index (χ1) is 4.74. The van der Waals surface area contributed by atoms with Crippen molar-refractivity contribution in [3.63, 3.8) is 0 Å². The van der Waals surface area contributed by atoms with Crippen molar-refractivity contribution in [1.82, 2.24) is 10.5 Å². The van der Waals surface area contributed by atoms with Gasteiger partial charge in [-0.1, -0.05) is 11.6 Å². The van der Waals surface area contributed by atoms with E-state index in [1.165, 1.54) is 17.7 Å². The fourth-order valence-electron chi connectivity index (χ4n) is 0.559. The zero-order chi connectivity index (χ0) is 7.56. The highest BCUT2D eigenvalue weighted by Gasteiger charge is 2.04. The number of aromatic nitrogens is 1. The van der Waals surface area contributed by atoms with Crippen LogP contribution in [0.25, 0.3) is 0 Å². The van der Waals surface area contributed by atoms with Crippen LogP contribution in [0.15, 0.2) is 12.3 Å². The predicted octanol–water partition coefficient (Wildman–Crippen LogP) is 0.787. The first kappa shape index (κ1) is 7.11. The summed E-state index contributed by atoms with van der Waals surface area (Å²) in [5.41, 5.74) is 1.69. The summed E-state index contributed by atoms with van der Waals surface area (Å²) in [6.45, 7) is 0. The molecule has 0 unspecified atom stereocenters. The van der Waals surface area contributed by atoms with E-state index in [1.54, 1.807) is 0 Å². The van der Waals surface area contributed by atoms with E-state index >= 15 is 0 Å². The SMILES string of the molecule is O=C(NO)c1cc(Cl)c[nH]1. The van der Waals surface area contributed by atoms with Crippen molar-refractivity contribution in [2.24, 2.45) is 0 Å². The molecule has 1 aromatic rings. The molecule has 1 heterocycles. The summed E-state index contributed by atoms with van der Waals surface area (Å²) in [6.07, 6.45) is 1.45. The minimum atomic E-state index is -0.605. The van der Waals surface area contributed by atoms with Gasteiger partial charge in [0.25, 0.3) is 5.91 Å². The Bertz CT molecular complexity index is 246. The Balaban J connectivity index is 2.85. The number of amides is 1. The molecule has 0 spiro atoms. The number of hydrogen-bond acceptors (Lipinski definition) is 2. The monoisotopic (exact) mass is 160 g/mol. The second-order valence-corrected chi connectivity index (χ2v) is 2.11. The molecule has 0 aromatic carbocycles. The number of aromatic amines is 1. The van der Waals surface area contributed by atoms with Gasteiger partial charge in [-0.3, -0.25) is 10.0 Å². The van der Waals surface area contributed by atoms with Gasteiger partial charge in [-0.25, -0.2) is 5.48 Å². The number of H-pyrrole nitrogens is 1. The van der Waals surface area contributed by atoms with Crippen LogP contribution in [0.4, 0.5) is 0 Å². The lowest BCUT2D eigenvalue weighted by molar-refractivity contribution is 0.0701. The summed E-state index contributed by atoms with van der Waals surface area (Å²) in [4.78, 5) is 13.1. The van der Waals surface area contributed by atoms with Crippen LogP contribution in [0, 0.1) is 0 Å². The topological polar surface area (TPSA) is 65.1 Å². The normalized spacial score (nSPS) is 9.40. The third-order valence-electron chi connectivity index (χ3n) is 0.994. The van der Waals surface area contributed by atoms with Gasteiger partial charge in [0.05, 0.1) is 5.02 Å². The summed E-state index contributed by atoms with van der Waals surface area (Å²) in [5, 5.41) is 8.56. The van der Waals surface area contributed by atoms with Crippen LogP contribution in [-0.2, 0) is 0 Å². The highest BCUT2D eigenvalue weighted by Crippen LogP contribution is 2.08. The Morgan fingerprint density at radius 2 is 2.50 bits per heavy atom. The maximum absolute atomic E-state index is 10.6. The average molecular weight is 161 g/mol. The average Bonchev–Trinajstić information content (AvgIpc) is 2.34. The Morgan fingerprint density at radius 1 is 1.80 bits per heavy atom. The Kier molecular flexibility index (Phi) is 1.94. The number of carbonyl (C=O) groups is 1. The number of nitrogens with one attached hydrogen (secondary N) is 2. The highest BCUT2D eigenvalue weighted by molar-refractivity contribution is 6.30. The van der Waals surface area contributed by atoms with Crippen LogP contribution in [0.1, 0.15) is 10.5 Å². The zero-order valence-electron chi connectivity index (χ0n) is 4.89. The largest absolute Gasteiger partial charge is 0.356 e. The molecule has 1 amide bonds. The van der Waals surface area contributed by atoms with E-state index in [9.17, 15) is 4.79 Å². The standard InChI is InChI=1S/C5H5ClN2O2/c6-3-1-4(7-2-3)5(9)8-10/h1-2,7,10H,(H,8,9). The minimum Gasteiger partial charge on any atom is -0.356 e. The fraction of sp³-hybridized carbons (Fsp3) is 0. The zero-order valence-corrected chi connectivity index (χ0v) is 5.64. The van der Waals surface area contributed by atoms with Gasteiger partial charge in [0.1, 0.15) is 5.69 Å². The third kappa shape index (κ3) is 1.29. The molecule has 1 aromatic heterocycles. The van der Waals surface area contributed by atoms with Crippen LogP contribution in [0.3, 0.4) is 0 Å². The van der Waals surface area contributed by atoms with Crippen molar-refractivity contribution in [3.05, 3.63) is 23.0 Å². The van der Waals surface area contributed by atoms with Gasteiger partial charge in [0.15, 0.2) is 0 Å². The third-order valence-corrected chi connectivity index (χ3v) is 1.21. The van der Waals surface area contributed by atoms with E-state index in [2.05, 4.69) is 4.98 Å². The first-order valence-corrected chi connectivity index (χ1v) is 2.90. The molecule has 0 aliphatic heterocycles. The molecule has 3 N–H and O–H groups in total. The van der Waals surface area contributed by atoms with Crippen LogP contribution in [0.5, 0.6) is 0 Å². The van der Waals surface area contributed by atoms with E-state index < -0.39 is 5.91 Å². The molecule has 0 aliphatic rings. The van der Waals surface area contributed by atoms with Crippen LogP contribution in [-0.4, -0.2) is 16.1 Å². The fourth-order valence-corrected chi connectivity index (χ4v) is 0.723. The van der Waals surface area contributed by atoms with Crippen LogP contribution >= 0.6 is 11.6 Å².